The largest absolute Gasteiger partial charge is 1.00 e. The highest BCUT2D eigenvalue weighted by Gasteiger charge is 2.34. The van der Waals surface area contributed by atoms with Crippen LogP contribution < -0.4 is 17.3 Å². The van der Waals surface area contributed by atoms with Gasteiger partial charge in [-0.3, -0.25) is 10.1 Å². The van der Waals surface area contributed by atoms with Gasteiger partial charge in [0.1, 0.15) is 5.69 Å². The highest BCUT2D eigenvalue weighted by molar-refractivity contribution is 5.65. The minimum Gasteiger partial charge on any atom is -1.00 e. The lowest BCUT2D eigenvalue weighted by molar-refractivity contribution is -0.384. The van der Waals surface area contributed by atoms with Gasteiger partial charge >= 0.3 is 6.18 Å². The zero-order valence-corrected chi connectivity index (χ0v) is 12.0. The number of hydrogen-bond donors (Lipinski definition) is 0. The van der Waals surface area contributed by atoms with E-state index in [0.29, 0.717) is 19.2 Å². The van der Waals surface area contributed by atoms with Crippen LogP contribution in [0.5, 0.6) is 0 Å². The predicted octanol–water partition coefficient (Wildman–Crippen LogP) is -0.631. The van der Waals surface area contributed by atoms with Gasteiger partial charge in [0.15, 0.2) is 0 Å². The standard InChI is InChI=1S/C12H14F3N3O2.ClH/c1-16-4-6-17(7-5-16)10-3-2-9(12(13,14)15)8-11(10)18(19)20;/h2-3,8H,4-7H2,1H3;1H/p-1. The smallest absolute Gasteiger partial charge is 0.416 e. The summed E-state index contributed by atoms with van der Waals surface area (Å²) in [5.41, 5.74) is -1.25. The fourth-order valence-corrected chi connectivity index (χ4v) is 2.16. The van der Waals surface area contributed by atoms with Gasteiger partial charge < -0.3 is 22.2 Å². The summed E-state index contributed by atoms with van der Waals surface area (Å²) >= 11 is 0. The number of anilines is 1. The van der Waals surface area contributed by atoms with E-state index in [1.54, 1.807) is 4.90 Å². The predicted molar refractivity (Wildman–Crippen MR) is 67.8 cm³/mol. The lowest BCUT2D eigenvalue weighted by atomic mass is 10.1. The van der Waals surface area contributed by atoms with Crippen LogP contribution in [0.2, 0.25) is 0 Å². The monoisotopic (exact) mass is 324 g/mol. The van der Waals surface area contributed by atoms with E-state index in [9.17, 15) is 23.3 Å². The Bertz CT molecular complexity index is 517. The van der Waals surface area contributed by atoms with Crippen molar-refractivity contribution >= 4 is 11.4 Å². The van der Waals surface area contributed by atoms with Crippen LogP contribution in [-0.2, 0) is 6.18 Å². The topological polar surface area (TPSA) is 49.6 Å². The van der Waals surface area contributed by atoms with E-state index in [0.717, 1.165) is 19.2 Å². The Balaban J connectivity index is 0.00000220. The van der Waals surface area contributed by atoms with E-state index in [1.807, 2.05) is 7.05 Å². The van der Waals surface area contributed by atoms with Crippen molar-refractivity contribution in [1.29, 1.82) is 0 Å². The highest BCUT2D eigenvalue weighted by Crippen LogP contribution is 2.36. The third kappa shape index (κ3) is 3.98. The fourth-order valence-electron chi connectivity index (χ4n) is 2.16. The number of likely N-dealkylation sites (N-methyl/N-ethyl adjacent to an activating group) is 1. The van der Waals surface area contributed by atoms with Crippen LogP contribution >= 0.6 is 0 Å². The van der Waals surface area contributed by atoms with Gasteiger partial charge in [0.2, 0.25) is 0 Å². The maximum absolute atomic E-state index is 12.6. The summed E-state index contributed by atoms with van der Waals surface area (Å²) in [5, 5.41) is 11.0. The molecule has 9 heteroatoms. The molecule has 1 heterocycles. The molecule has 0 amide bonds. The SMILES string of the molecule is CN1CCN(c2ccc(C(F)(F)F)cc2[N+](=O)[O-])CC1.[Cl-]. The molecule has 1 aromatic rings. The van der Waals surface area contributed by atoms with E-state index >= 15 is 0 Å². The van der Waals surface area contributed by atoms with Crippen molar-refractivity contribution in [1.82, 2.24) is 4.90 Å². The second-order valence-corrected chi connectivity index (χ2v) is 4.75. The second kappa shape index (κ2) is 6.48. The van der Waals surface area contributed by atoms with Crippen LogP contribution in [0.3, 0.4) is 0 Å². The van der Waals surface area contributed by atoms with Crippen molar-refractivity contribution in [3.05, 3.63) is 33.9 Å². The molecule has 0 N–H and O–H groups in total. The number of nitro benzene ring substituents is 1. The number of hydrogen-bond acceptors (Lipinski definition) is 4. The van der Waals surface area contributed by atoms with Gasteiger partial charge in [-0.2, -0.15) is 13.2 Å². The Kier molecular flexibility index (Phi) is 5.41. The van der Waals surface area contributed by atoms with Crippen LogP contribution in [-0.4, -0.2) is 43.0 Å². The Hall–Kier alpha value is -1.54. The van der Waals surface area contributed by atoms with Gasteiger partial charge in [-0.05, 0) is 19.2 Å². The Morgan fingerprint density at radius 3 is 2.24 bits per heavy atom. The molecule has 2 rings (SSSR count). The van der Waals surface area contributed by atoms with E-state index in [-0.39, 0.29) is 18.1 Å². The van der Waals surface area contributed by atoms with Gasteiger partial charge in [-0.1, -0.05) is 0 Å². The molecule has 1 aromatic carbocycles. The average Bonchev–Trinajstić information content (AvgIpc) is 2.38. The maximum Gasteiger partial charge on any atom is 0.416 e. The molecule has 5 nitrogen and oxygen atoms in total. The zero-order valence-electron chi connectivity index (χ0n) is 11.2. The molecule has 0 spiro atoms. The summed E-state index contributed by atoms with van der Waals surface area (Å²) in [6.45, 7) is 2.56. The first-order chi connectivity index (χ1) is 9.29. The van der Waals surface area contributed by atoms with E-state index in [4.69, 9.17) is 0 Å². The number of nitrogens with zero attached hydrogens (tertiary/aromatic N) is 3. The van der Waals surface area contributed by atoms with Crippen LogP contribution in [0.15, 0.2) is 18.2 Å². The third-order valence-electron chi connectivity index (χ3n) is 3.34. The molecular weight excluding hydrogens is 311 g/mol. The van der Waals surface area contributed by atoms with Crippen molar-refractivity contribution in [2.24, 2.45) is 0 Å². The molecule has 0 saturated carbocycles. The molecule has 1 aliphatic rings. The minimum atomic E-state index is -4.58. The summed E-state index contributed by atoms with van der Waals surface area (Å²) in [6.07, 6.45) is -4.58. The molecule has 1 fully saturated rings. The van der Waals surface area contributed by atoms with E-state index in [1.165, 1.54) is 6.07 Å². The number of alkyl halides is 3. The molecule has 118 valence electrons. The molecule has 0 unspecified atom stereocenters. The van der Waals surface area contributed by atoms with Crippen LogP contribution in [0.4, 0.5) is 24.5 Å². The summed E-state index contributed by atoms with van der Waals surface area (Å²) in [6, 6.07) is 2.68. The van der Waals surface area contributed by atoms with Crippen molar-refractivity contribution < 1.29 is 30.5 Å². The Morgan fingerprint density at radius 1 is 1.19 bits per heavy atom. The number of benzene rings is 1. The maximum atomic E-state index is 12.6. The summed E-state index contributed by atoms with van der Waals surface area (Å²) in [5.74, 6) is 0. The van der Waals surface area contributed by atoms with Crippen LogP contribution in [0.1, 0.15) is 5.56 Å². The molecule has 1 aliphatic heterocycles. The molecule has 0 radical (unpaired) electrons. The van der Waals surface area contributed by atoms with Gasteiger partial charge in [0, 0.05) is 32.2 Å². The van der Waals surface area contributed by atoms with E-state index in [2.05, 4.69) is 4.90 Å². The Morgan fingerprint density at radius 2 is 1.76 bits per heavy atom. The molecule has 0 aliphatic carbocycles. The van der Waals surface area contributed by atoms with Crippen LogP contribution in [0, 0.1) is 10.1 Å². The van der Waals surface area contributed by atoms with Crippen molar-refractivity contribution in [3.63, 3.8) is 0 Å². The first-order valence-corrected chi connectivity index (χ1v) is 6.08. The first-order valence-electron chi connectivity index (χ1n) is 6.08. The van der Waals surface area contributed by atoms with Crippen molar-refractivity contribution in [2.75, 3.05) is 38.1 Å². The van der Waals surface area contributed by atoms with E-state index < -0.39 is 22.4 Å². The number of piperazine rings is 1. The summed E-state index contributed by atoms with van der Waals surface area (Å²) < 4.78 is 37.8. The molecule has 0 bridgehead atoms. The minimum absolute atomic E-state index is 0. The highest BCUT2D eigenvalue weighted by atomic mass is 35.5. The normalized spacial score (nSPS) is 16.5. The lowest BCUT2D eigenvalue weighted by Gasteiger charge is -2.33. The van der Waals surface area contributed by atoms with Gasteiger partial charge in [0.05, 0.1) is 10.5 Å². The number of halogens is 4. The molecule has 1 saturated heterocycles. The first kappa shape index (κ1) is 17.5. The van der Waals surface area contributed by atoms with Crippen molar-refractivity contribution in [2.45, 2.75) is 6.18 Å². The average molecular weight is 325 g/mol. The summed E-state index contributed by atoms with van der Waals surface area (Å²) in [4.78, 5) is 14.1. The van der Waals surface area contributed by atoms with Crippen LogP contribution in [0.25, 0.3) is 0 Å². The fraction of sp³-hybridized carbons (Fsp3) is 0.500. The quantitative estimate of drug-likeness (QED) is 0.537. The van der Waals surface area contributed by atoms with Gasteiger partial charge in [-0.15, -0.1) is 0 Å². The molecule has 21 heavy (non-hydrogen) atoms. The molecular formula is C12H14ClF3N3O2-. The number of rotatable bonds is 2. The zero-order chi connectivity index (χ0) is 14.9. The number of nitro groups is 1. The Labute approximate surface area is 125 Å². The lowest BCUT2D eigenvalue weighted by Crippen LogP contribution is -3.00. The van der Waals surface area contributed by atoms with Gasteiger partial charge in [-0.25, -0.2) is 0 Å². The van der Waals surface area contributed by atoms with Gasteiger partial charge in [0.25, 0.3) is 5.69 Å². The molecule has 0 aromatic heterocycles. The summed E-state index contributed by atoms with van der Waals surface area (Å²) in [7, 11) is 1.93. The molecule has 0 atom stereocenters. The second-order valence-electron chi connectivity index (χ2n) is 4.75. The van der Waals surface area contributed by atoms with Crippen molar-refractivity contribution in [3.8, 4) is 0 Å². The third-order valence-corrected chi connectivity index (χ3v) is 3.34.